The number of nitrogens with one attached hydrogen (secondary N) is 3. The number of halogens is 3. The molecule has 1 fully saturated rings. The van der Waals surface area contributed by atoms with E-state index in [9.17, 15) is 22.8 Å². The highest BCUT2D eigenvalue weighted by Crippen LogP contribution is 2.37. The molecule has 1 saturated carbocycles. The number of rotatable bonds is 8. The third-order valence-electron chi connectivity index (χ3n) is 6.80. The first-order chi connectivity index (χ1) is 17.8. The van der Waals surface area contributed by atoms with Gasteiger partial charge in [-0.3, -0.25) is 19.9 Å². The second kappa shape index (κ2) is 12.2. The van der Waals surface area contributed by atoms with Crippen LogP contribution in [-0.4, -0.2) is 35.7 Å². The van der Waals surface area contributed by atoms with E-state index in [2.05, 4.69) is 25.9 Å². The molecule has 7 nitrogen and oxygen atoms in total. The van der Waals surface area contributed by atoms with E-state index in [1.165, 1.54) is 56.5 Å². The van der Waals surface area contributed by atoms with E-state index in [-0.39, 0.29) is 28.8 Å². The van der Waals surface area contributed by atoms with Crippen LogP contribution in [0.2, 0.25) is 0 Å². The van der Waals surface area contributed by atoms with Crippen LogP contribution in [0.25, 0.3) is 0 Å². The van der Waals surface area contributed by atoms with Crippen LogP contribution in [0, 0.1) is 5.92 Å². The van der Waals surface area contributed by atoms with Gasteiger partial charge < -0.3 is 10.6 Å². The molecule has 2 aromatic rings. The molecular weight excluding hydrogens is 483 g/mol. The van der Waals surface area contributed by atoms with Crippen molar-refractivity contribution < 1.29 is 22.8 Å². The summed E-state index contributed by atoms with van der Waals surface area (Å²) < 4.78 is 41.6. The molecule has 1 aliphatic heterocycles. The zero-order chi connectivity index (χ0) is 26.3. The Kier molecular flexibility index (Phi) is 8.78. The predicted octanol–water partition coefficient (Wildman–Crippen LogP) is 5.86. The van der Waals surface area contributed by atoms with Gasteiger partial charge in [0.25, 0.3) is 5.91 Å². The fraction of sp³-hybridized carbons (Fsp3) is 0.481. The number of aliphatic imine (C=N–C) groups is 1. The Morgan fingerprint density at radius 1 is 1.03 bits per heavy atom. The van der Waals surface area contributed by atoms with Crippen molar-refractivity contribution >= 4 is 29.2 Å². The Labute approximate surface area is 214 Å². The number of hydrogen-bond acceptors (Lipinski definition) is 6. The molecule has 10 heteroatoms. The maximum Gasteiger partial charge on any atom is 0.418 e. The first kappa shape index (κ1) is 26.6. The molecule has 2 heterocycles. The van der Waals surface area contributed by atoms with Gasteiger partial charge in [0.2, 0.25) is 0 Å². The molecule has 4 rings (SSSR count). The number of hydrogen-bond donors (Lipinski definition) is 3. The minimum absolute atomic E-state index is 0.0523. The Bertz CT molecular complexity index is 1140. The topological polar surface area (TPSA) is 95.5 Å². The van der Waals surface area contributed by atoms with Crippen LogP contribution < -0.4 is 16.0 Å². The van der Waals surface area contributed by atoms with E-state index in [0.29, 0.717) is 31.0 Å². The molecule has 0 atom stereocenters. The minimum atomic E-state index is -4.72. The average Bonchev–Trinajstić information content (AvgIpc) is 2.89. The van der Waals surface area contributed by atoms with Crippen LogP contribution in [0.15, 0.2) is 41.5 Å². The Hall–Kier alpha value is -3.43. The SMILES string of the molecule is O=C(CCCC1CCCCC1)c1ccnc(Nc2ccc(C(=O)NC3=NCCCN3)cc2C(F)(F)F)c1. The van der Waals surface area contributed by atoms with Crippen LogP contribution >= 0.6 is 0 Å². The molecular formula is C27H32F3N5O2. The maximum atomic E-state index is 13.9. The molecule has 198 valence electrons. The lowest BCUT2D eigenvalue weighted by atomic mass is 9.85. The number of guanidine groups is 1. The smallest absolute Gasteiger partial charge is 0.356 e. The van der Waals surface area contributed by atoms with Crippen LogP contribution in [0.3, 0.4) is 0 Å². The number of carbonyl (C=O) groups excluding carboxylic acids is 2. The van der Waals surface area contributed by atoms with Crippen LogP contribution in [0.5, 0.6) is 0 Å². The summed E-state index contributed by atoms with van der Waals surface area (Å²) in [7, 11) is 0. The summed E-state index contributed by atoms with van der Waals surface area (Å²) in [6.07, 6.45) is 6.01. The molecule has 37 heavy (non-hydrogen) atoms. The molecule has 1 aliphatic carbocycles. The highest BCUT2D eigenvalue weighted by molar-refractivity contribution is 6.06. The molecule has 0 unspecified atom stereocenters. The van der Waals surface area contributed by atoms with Gasteiger partial charge in [-0.2, -0.15) is 13.2 Å². The van der Waals surface area contributed by atoms with E-state index in [1.54, 1.807) is 6.07 Å². The molecule has 0 saturated heterocycles. The van der Waals surface area contributed by atoms with Gasteiger partial charge in [0, 0.05) is 36.8 Å². The summed E-state index contributed by atoms with van der Waals surface area (Å²) >= 11 is 0. The van der Waals surface area contributed by atoms with Crippen molar-refractivity contribution in [2.45, 2.75) is 64.0 Å². The van der Waals surface area contributed by atoms with Gasteiger partial charge in [0.05, 0.1) is 11.3 Å². The number of benzene rings is 1. The third-order valence-corrected chi connectivity index (χ3v) is 6.80. The number of pyridine rings is 1. The highest BCUT2D eigenvalue weighted by atomic mass is 19.4. The summed E-state index contributed by atoms with van der Waals surface area (Å²) in [6.45, 7) is 1.17. The quantitative estimate of drug-likeness (QED) is 0.383. The van der Waals surface area contributed by atoms with E-state index in [0.717, 1.165) is 25.3 Å². The fourth-order valence-corrected chi connectivity index (χ4v) is 4.81. The molecule has 1 aromatic carbocycles. The van der Waals surface area contributed by atoms with E-state index < -0.39 is 17.6 Å². The fourth-order valence-electron chi connectivity index (χ4n) is 4.81. The van der Waals surface area contributed by atoms with Gasteiger partial charge in [-0.1, -0.05) is 38.5 Å². The minimum Gasteiger partial charge on any atom is -0.356 e. The van der Waals surface area contributed by atoms with Gasteiger partial charge in [-0.05, 0) is 49.1 Å². The van der Waals surface area contributed by atoms with Gasteiger partial charge in [0.15, 0.2) is 11.7 Å². The Balaban J connectivity index is 1.43. The van der Waals surface area contributed by atoms with Crippen molar-refractivity contribution in [3.63, 3.8) is 0 Å². The Morgan fingerprint density at radius 2 is 1.84 bits per heavy atom. The number of Topliss-reactive ketones (excluding diaryl/α,β-unsaturated/α-hetero) is 1. The lowest BCUT2D eigenvalue weighted by Crippen LogP contribution is -2.43. The standard InChI is InChI=1S/C27H32F3N5O2/c28-27(29,30)21-16-20(25(37)35-26-32-13-5-14-33-26)10-11-22(21)34-24-17-19(12-15-31-24)23(36)9-4-8-18-6-2-1-3-7-18/h10-12,15-18H,1-9,13-14H2,(H,31,34)(H2,32,33,35,37). The zero-order valence-electron chi connectivity index (χ0n) is 20.7. The Morgan fingerprint density at radius 3 is 2.57 bits per heavy atom. The first-order valence-electron chi connectivity index (χ1n) is 12.9. The second-order valence-electron chi connectivity index (χ2n) is 9.60. The molecule has 2 aliphatic rings. The molecule has 1 aromatic heterocycles. The zero-order valence-corrected chi connectivity index (χ0v) is 20.7. The molecule has 1 amide bonds. The lowest BCUT2D eigenvalue weighted by Gasteiger charge is -2.21. The molecule has 0 spiro atoms. The number of anilines is 2. The normalized spacial score (nSPS) is 16.5. The van der Waals surface area contributed by atoms with Gasteiger partial charge in [-0.25, -0.2) is 4.98 Å². The van der Waals surface area contributed by atoms with E-state index in [1.807, 2.05) is 0 Å². The summed E-state index contributed by atoms with van der Waals surface area (Å²) in [5, 5.41) is 8.08. The second-order valence-corrected chi connectivity index (χ2v) is 9.60. The lowest BCUT2D eigenvalue weighted by molar-refractivity contribution is -0.136. The number of carbonyl (C=O) groups is 2. The number of amides is 1. The summed E-state index contributed by atoms with van der Waals surface area (Å²) in [5.41, 5.74) is -1.01. The van der Waals surface area contributed by atoms with Crippen molar-refractivity contribution in [1.29, 1.82) is 0 Å². The monoisotopic (exact) mass is 515 g/mol. The summed E-state index contributed by atoms with van der Waals surface area (Å²) in [6, 6.07) is 6.33. The van der Waals surface area contributed by atoms with Gasteiger partial charge in [-0.15, -0.1) is 0 Å². The molecule has 3 N–H and O–H groups in total. The maximum absolute atomic E-state index is 13.9. The first-order valence-corrected chi connectivity index (χ1v) is 12.9. The predicted molar refractivity (Wildman–Crippen MR) is 136 cm³/mol. The van der Waals surface area contributed by atoms with Crippen molar-refractivity contribution in [2.75, 3.05) is 18.4 Å². The summed E-state index contributed by atoms with van der Waals surface area (Å²) in [5.74, 6) is 0.319. The van der Waals surface area contributed by atoms with Gasteiger partial charge in [0.1, 0.15) is 5.82 Å². The van der Waals surface area contributed by atoms with Crippen molar-refractivity contribution in [3.05, 3.63) is 53.2 Å². The number of nitrogens with zero attached hydrogens (tertiary/aromatic N) is 2. The van der Waals surface area contributed by atoms with Crippen LogP contribution in [0.4, 0.5) is 24.7 Å². The van der Waals surface area contributed by atoms with Crippen LogP contribution in [-0.2, 0) is 6.18 Å². The van der Waals surface area contributed by atoms with Crippen LogP contribution in [0.1, 0.15) is 84.1 Å². The largest absolute Gasteiger partial charge is 0.418 e. The molecule has 0 radical (unpaired) electrons. The average molecular weight is 516 g/mol. The van der Waals surface area contributed by atoms with Gasteiger partial charge >= 0.3 is 6.18 Å². The van der Waals surface area contributed by atoms with E-state index in [4.69, 9.17) is 0 Å². The van der Waals surface area contributed by atoms with Crippen molar-refractivity contribution in [3.8, 4) is 0 Å². The third kappa shape index (κ3) is 7.53. The molecule has 0 bridgehead atoms. The van der Waals surface area contributed by atoms with E-state index >= 15 is 0 Å². The van der Waals surface area contributed by atoms with Crippen molar-refractivity contribution in [1.82, 2.24) is 15.6 Å². The summed E-state index contributed by atoms with van der Waals surface area (Å²) in [4.78, 5) is 33.4. The highest BCUT2D eigenvalue weighted by Gasteiger charge is 2.34. The number of aromatic nitrogens is 1. The van der Waals surface area contributed by atoms with Crippen molar-refractivity contribution in [2.24, 2.45) is 10.9 Å². The number of ketones is 1. The number of alkyl halides is 3.